The number of hydrogen-bond acceptors (Lipinski definition) is 8. The molecule has 0 aromatic rings. The summed E-state index contributed by atoms with van der Waals surface area (Å²) in [7, 11) is 0. The van der Waals surface area contributed by atoms with E-state index in [1.807, 2.05) is 0 Å². The van der Waals surface area contributed by atoms with Crippen LogP contribution >= 0.6 is 22.6 Å². The molecule has 0 heterocycles. The van der Waals surface area contributed by atoms with Gasteiger partial charge < -0.3 is 41.0 Å². The third kappa shape index (κ3) is 33.4. The highest BCUT2D eigenvalue weighted by atomic mass is 127. The molecule has 14 nitrogen and oxygen atoms in total. The molecule has 0 saturated carbocycles. The van der Waals surface area contributed by atoms with Crippen LogP contribution in [0, 0.1) is 0 Å². The van der Waals surface area contributed by atoms with Crippen molar-refractivity contribution in [3.05, 3.63) is 0 Å². The van der Waals surface area contributed by atoms with Crippen molar-refractivity contribution in [1.82, 2.24) is 21.3 Å². The molecule has 0 aromatic heterocycles. The van der Waals surface area contributed by atoms with Crippen LogP contribution in [0.5, 0.6) is 0 Å². The van der Waals surface area contributed by atoms with Crippen molar-refractivity contribution < 1.29 is 48.5 Å². The Bertz CT molecular complexity index is 910. The lowest BCUT2D eigenvalue weighted by atomic mass is 10.0. The van der Waals surface area contributed by atoms with Crippen LogP contribution in [0.15, 0.2) is 0 Å². The summed E-state index contributed by atoms with van der Waals surface area (Å²) in [6, 6.07) is -1.49. The average molecular weight is 799 g/mol. The van der Waals surface area contributed by atoms with Crippen molar-refractivity contribution >= 4 is 56.2 Å². The van der Waals surface area contributed by atoms with Gasteiger partial charge in [0.15, 0.2) is 0 Å². The van der Waals surface area contributed by atoms with E-state index in [-0.39, 0.29) is 53.9 Å². The molecule has 15 heteroatoms. The van der Waals surface area contributed by atoms with Gasteiger partial charge in [-0.1, -0.05) is 77.0 Å². The van der Waals surface area contributed by atoms with Crippen molar-refractivity contribution in [1.29, 1.82) is 0 Å². The maximum atomic E-state index is 12.3. The number of carbonyl (C=O) groups is 6. The number of carboxylic acid groups (broad SMARTS) is 2. The average Bonchev–Trinajstić information content (AvgIpc) is 3.03. The molecule has 0 spiro atoms. The van der Waals surface area contributed by atoms with E-state index in [9.17, 15) is 33.9 Å². The van der Waals surface area contributed by atoms with Crippen LogP contribution in [0.4, 0.5) is 4.79 Å². The zero-order valence-corrected chi connectivity index (χ0v) is 30.7. The number of carboxylic acids is 2. The zero-order valence-electron chi connectivity index (χ0n) is 28.5. The van der Waals surface area contributed by atoms with Gasteiger partial charge in [0.25, 0.3) is 0 Å². The minimum Gasteiger partial charge on any atom is -0.481 e. The Kier molecular flexibility index (Phi) is 31.3. The number of ether oxygens (including phenoxy) is 2. The van der Waals surface area contributed by atoms with Crippen LogP contribution in [0.3, 0.4) is 0 Å². The molecular weight excluding hydrogens is 739 g/mol. The second-order valence-corrected chi connectivity index (χ2v) is 12.9. The van der Waals surface area contributed by atoms with E-state index in [2.05, 4.69) is 21.3 Å². The van der Waals surface area contributed by atoms with Crippen molar-refractivity contribution in [3.8, 4) is 0 Å². The number of aliphatic carboxylic acids is 2. The molecule has 0 bridgehead atoms. The maximum absolute atomic E-state index is 12.3. The van der Waals surface area contributed by atoms with Crippen molar-refractivity contribution in [2.75, 3.05) is 46.1 Å². The summed E-state index contributed by atoms with van der Waals surface area (Å²) in [6.07, 6.45) is 16.1. The smallest absolute Gasteiger partial charge is 0.326 e. The number of rotatable bonds is 34. The molecule has 6 N–H and O–H groups in total. The molecular formula is C33H59IN4O10. The lowest BCUT2D eigenvalue weighted by Crippen LogP contribution is -2.41. The Morgan fingerprint density at radius 2 is 1.04 bits per heavy atom. The SMILES string of the molecule is O=C(O)CCCCCCCCCCCCCCCCC(=O)N[C@@H](CCC(=O)NCCCNC(=O)NCCOCCOCC(=O)I)C(=O)O. The first kappa shape index (κ1) is 45.5. The normalized spacial score (nSPS) is 11.4. The topological polar surface area (TPSA) is 209 Å². The van der Waals surface area contributed by atoms with E-state index in [0.29, 0.717) is 52.3 Å². The second kappa shape index (κ2) is 33.0. The first-order valence-corrected chi connectivity index (χ1v) is 18.6. The lowest BCUT2D eigenvalue weighted by Gasteiger charge is -2.14. The van der Waals surface area contributed by atoms with E-state index in [0.717, 1.165) is 38.5 Å². The van der Waals surface area contributed by atoms with Crippen LogP contribution in [0.1, 0.15) is 122 Å². The van der Waals surface area contributed by atoms with E-state index in [1.54, 1.807) is 22.6 Å². The summed E-state index contributed by atoms with van der Waals surface area (Å²) in [5.41, 5.74) is 0. The molecule has 4 amide bonds. The zero-order chi connectivity index (χ0) is 35.7. The Morgan fingerprint density at radius 3 is 1.58 bits per heavy atom. The molecule has 0 aliphatic heterocycles. The Hall–Kier alpha value is -2.53. The van der Waals surface area contributed by atoms with Gasteiger partial charge in [-0.15, -0.1) is 0 Å². The molecule has 0 rings (SSSR count). The van der Waals surface area contributed by atoms with Gasteiger partial charge in [0.2, 0.25) is 15.6 Å². The number of urea groups is 1. The van der Waals surface area contributed by atoms with E-state index >= 15 is 0 Å². The van der Waals surface area contributed by atoms with Crippen LogP contribution < -0.4 is 21.3 Å². The van der Waals surface area contributed by atoms with Crippen molar-refractivity contribution in [2.45, 2.75) is 128 Å². The van der Waals surface area contributed by atoms with Gasteiger partial charge in [0.05, 0.1) is 19.8 Å². The predicted molar refractivity (Wildman–Crippen MR) is 190 cm³/mol. The monoisotopic (exact) mass is 798 g/mol. The summed E-state index contributed by atoms with van der Waals surface area (Å²) in [6.45, 7) is 1.90. The molecule has 0 fully saturated rings. The molecule has 0 saturated heterocycles. The molecule has 278 valence electrons. The molecule has 0 radical (unpaired) electrons. The molecule has 0 aromatic carbocycles. The number of halogens is 1. The fraction of sp³-hybridized carbons (Fsp3) is 0.818. The van der Waals surface area contributed by atoms with E-state index in [1.165, 1.54) is 44.9 Å². The van der Waals surface area contributed by atoms with Crippen molar-refractivity contribution in [3.63, 3.8) is 0 Å². The fourth-order valence-corrected chi connectivity index (χ4v) is 4.98. The standard InChI is InChI=1S/C33H59IN4O10/c34-28(39)26-48-25-24-47-23-22-37-33(46)36-21-15-20-35-29(40)19-18-27(32(44)45)38-30(41)16-13-11-9-7-5-3-1-2-4-6-8-10-12-14-17-31(42)43/h27H,1-26H2,(H,35,40)(H,38,41)(H,42,43)(H,44,45)(H2,36,37,46)/t27-/m0/s1. The minimum atomic E-state index is -1.17. The number of nitrogens with one attached hydrogen (secondary N) is 4. The largest absolute Gasteiger partial charge is 0.481 e. The summed E-state index contributed by atoms with van der Waals surface area (Å²) in [5, 5.41) is 28.6. The Morgan fingerprint density at radius 1 is 0.542 bits per heavy atom. The summed E-state index contributed by atoms with van der Waals surface area (Å²) in [5.74, 6) is -2.53. The number of hydrogen-bond donors (Lipinski definition) is 6. The van der Waals surface area contributed by atoms with Gasteiger partial charge >= 0.3 is 18.0 Å². The van der Waals surface area contributed by atoms with Gasteiger partial charge in [-0.05, 0) is 25.7 Å². The third-order valence-corrected chi connectivity index (χ3v) is 7.73. The predicted octanol–water partition coefficient (Wildman–Crippen LogP) is 4.46. The molecule has 0 aliphatic carbocycles. The van der Waals surface area contributed by atoms with Crippen LogP contribution in [0.2, 0.25) is 0 Å². The van der Waals surface area contributed by atoms with Crippen molar-refractivity contribution in [2.24, 2.45) is 0 Å². The minimum absolute atomic E-state index is 0.00898. The van der Waals surface area contributed by atoms with Crippen LogP contribution in [0.25, 0.3) is 0 Å². The first-order chi connectivity index (χ1) is 23.1. The summed E-state index contributed by atoms with van der Waals surface area (Å²) in [4.78, 5) is 69.0. The number of amides is 4. The fourth-order valence-electron chi connectivity index (χ4n) is 4.76. The van der Waals surface area contributed by atoms with E-state index in [4.69, 9.17) is 14.6 Å². The third-order valence-electron chi connectivity index (χ3n) is 7.42. The van der Waals surface area contributed by atoms with Crippen LogP contribution in [-0.2, 0) is 33.4 Å². The summed E-state index contributed by atoms with van der Waals surface area (Å²) < 4.78 is 10.2. The van der Waals surface area contributed by atoms with E-state index < -0.39 is 18.0 Å². The number of carbonyl (C=O) groups excluding carboxylic acids is 4. The Balaban J connectivity index is 3.70. The molecule has 48 heavy (non-hydrogen) atoms. The molecule has 0 aliphatic rings. The molecule has 1 atom stereocenters. The quantitative estimate of drug-likeness (QED) is 0.0306. The first-order valence-electron chi connectivity index (χ1n) is 17.5. The molecule has 0 unspecified atom stereocenters. The number of unbranched alkanes of at least 4 members (excludes halogenated alkanes) is 13. The summed E-state index contributed by atoms with van der Waals surface area (Å²) >= 11 is 1.65. The second-order valence-electron chi connectivity index (χ2n) is 11.7. The van der Waals surface area contributed by atoms with Gasteiger partial charge in [-0.2, -0.15) is 0 Å². The maximum Gasteiger partial charge on any atom is 0.326 e. The highest BCUT2D eigenvalue weighted by Gasteiger charge is 2.20. The van der Waals surface area contributed by atoms with Gasteiger partial charge in [0.1, 0.15) is 12.6 Å². The van der Waals surface area contributed by atoms with Gasteiger partial charge in [-0.25, -0.2) is 9.59 Å². The Labute approximate surface area is 299 Å². The highest BCUT2D eigenvalue weighted by Crippen LogP contribution is 2.14. The van der Waals surface area contributed by atoms with Gasteiger partial charge in [0, 0.05) is 61.5 Å². The van der Waals surface area contributed by atoms with Gasteiger partial charge in [-0.3, -0.25) is 19.2 Å². The lowest BCUT2D eigenvalue weighted by molar-refractivity contribution is -0.142. The highest BCUT2D eigenvalue weighted by molar-refractivity contribution is 14.1. The van der Waals surface area contributed by atoms with Crippen LogP contribution in [-0.4, -0.2) is 95.9 Å².